The summed E-state index contributed by atoms with van der Waals surface area (Å²) in [6, 6.07) is 10.4. The highest BCUT2D eigenvalue weighted by molar-refractivity contribution is 7.15. The van der Waals surface area contributed by atoms with Gasteiger partial charge in [-0.25, -0.2) is 4.79 Å². The van der Waals surface area contributed by atoms with E-state index in [0.29, 0.717) is 21.3 Å². The van der Waals surface area contributed by atoms with Crippen molar-refractivity contribution >= 4 is 23.1 Å². The van der Waals surface area contributed by atoms with Gasteiger partial charge in [0.2, 0.25) is 5.82 Å². The van der Waals surface area contributed by atoms with Crippen molar-refractivity contribution in [3.05, 3.63) is 52.0 Å². The second-order valence-electron chi connectivity index (χ2n) is 5.04. The molecule has 3 rings (SSSR count). The number of hydrogen-bond acceptors (Lipinski definition) is 8. The number of Topliss-reactive ketones (excluding diaryl/α,β-unsaturated/α-hetero) is 1. The lowest BCUT2D eigenvalue weighted by molar-refractivity contribution is 0.0435. The number of esters is 1. The van der Waals surface area contributed by atoms with Crippen LogP contribution in [0.15, 0.2) is 40.9 Å². The van der Waals surface area contributed by atoms with Gasteiger partial charge < -0.3 is 14.0 Å². The summed E-state index contributed by atoms with van der Waals surface area (Å²) in [5.74, 6) is 0.589. The average Bonchev–Trinajstić information content (AvgIpc) is 3.29. The van der Waals surface area contributed by atoms with Crippen LogP contribution in [0.1, 0.15) is 32.2 Å². The topological polar surface area (TPSA) is 91.5 Å². The van der Waals surface area contributed by atoms with Crippen LogP contribution in [0.2, 0.25) is 0 Å². The fourth-order valence-electron chi connectivity index (χ4n) is 2.03. The minimum absolute atomic E-state index is 0.0936. The summed E-state index contributed by atoms with van der Waals surface area (Å²) < 4.78 is 15.4. The number of ketones is 1. The largest absolute Gasteiger partial charge is 0.497 e. The minimum atomic E-state index is -0.543. The molecule has 25 heavy (non-hydrogen) atoms. The molecule has 0 radical (unpaired) electrons. The maximum atomic E-state index is 12.0. The molecule has 2 aromatic heterocycles. The van der Waals surface area contributed by atoms with Gasteiger partial charge in [-0.3, -0.25) is 4.79 Å². The molecule has 0 aliphatic rings. The first-order valence-electron chi connectivity index (χ1n) is 7.31. The summed E-state index contributed by atoms with van der Waals surface area (Å²) in [6.07, 6.45) is 0. The molecule has 0 fully saturated rings. The Bertz CT molecular complexity index is 915. The highest BCUT2D eigenvalue weighted by Gasteiger charge is 2.15. The van der Waals surface area contributed by atoms with E-state index in [1.807, 2.05) is 18.2 Å². The van der Waals surface area contributed by atoms with E-state index in [1.165, 1.54) is 6.92 Å². The summed E-state index contributed by atoms with van der Waals surface area (Å²) in [4.78, 5) is 28.3. The van der Waals surface area contributed by atoms with Crippen molar-refractivity contribution in [2.45, 2.75) is 13.5 Å². The number of carbonyl (C=O) groups is 2. The van der Waals surface area contributed by atoms with Gasteiger partial charge in [-0.05, 0) is 31.2 Å². The Hall–Kier alpha value is -3.00. The van der Waals surface area contributed by atoms with Gasteiger partial charge in [-0.2, -0.15) is 4.98 Å². The molecule has 0 unspecified atom stereocenters. The highest BCUT2D eigenvalue weighted by Crippen LogP contribution is 2.22. The van der Waals surface area contributed by atoms with Crippen LogP contribution < -0.4 is 4.74 Å². The van der Waals surface area contributed by atoms with Crippen LogP contribution in [0.5, 0.6) is 5.75 Å². The van der Waals surface area contributed by atoms with Gasteiger partial charge in [0.15, 0.2) is 12.4 Å². The third-order valence-electron chi connectivity index (χ3n) is 3.28. The van der Waals surface area contributed by atoms with Crippen molar-refractivity contribution in [3.63, 3.8) is 0 Å². The molecule has 0 saturated heterocycles. The standard InChI is InChI=1S/C17H14N2O5S/c1-10(20)13-6-7-14(25-13)17(21)23-9-15-18-16(19-24-15)11-4-3-5-12(8-11)22-2/h3-8H,9H2,1-2H3. The Kier molecular flexibility index (Phi) is 4.90. The summed E-state index contributed by atoms with van der Waals surface area (Å²) in [6.45, 7) is 1.29. The van der Waals surface area contributed by atoms with Gasteiger partial charge in [-0.15, -0.1) is 11.3 Å². The second kappa shape index (κ2) is 7.27. The van der Waals surface area contributed by atoms with Crippen molar-refractivity contribution < 1.29 is 23.6 Å². The van der Waals surface area contributed by atoms with Crippen LogP contribution in [-0.2, 0) is 11.3 Å². The summed E-state index contributed by atoms with van der Waals surface area (Å²) in [5.41, 5.74) is 0.727. The normalized spacial score (nSPS) is 10.5. The van der Waals surface area contributed by atoms with E-state index in [9.17, 15) is 9.59 Å². The van der Waals surface area contributed by atoms with Crippen molar-refractivity contribution in [3.8, 4) is 17.1 Å². The van der Waals surface area contributed by atoms with Crippen molar-refractivity contribution in [1.29, 1.82) is 0 Å². The zero-order chi connectivity index (χ0) is 17.8. The lowest BCUT2D eigenvalue weighted by Crippen LogP contribution is -2.03. The predicted molar refractivity (Wildman–Crippen MR) is 89.7 cm³/mol. The molecule has 0 spiro atoms. The molecular weight excluding hydrogens is 344 g/mol. The summed E-state index contributed by atoms with van der Waals surface area (Å²) in [7, 11) is 1.57. The summed E-state index contributed by atoms with van der Waals surface area (Å²) >= 11 is 1.09. The molecule has 0 aliphatic carbocycles. The molecule has 0 saturated carbocycles. The third kappa shape index (κ3) is 3.92. The van der Waals surface area contributed by atoms with E-state index in [1.54, 1.807) is 25.3 Å². The van der Waals surface area contributed by atoms with Crippen LogP contribution in [0, 0.1) is 0 Å². The van der Waals surface area contributed by atoms with E-state index in [2.05, 4.69) is 10.1 Å². The van der Waals surface area contributed by atoms with E-state index < -0.39 is 5.97 Å². The molecule has 0 amide bonds. The van der Waals surface area contributed by atoms with Crippen molar-refractivity contribution in [2.75, 3.05) is 7.11 Å². The number of nitrogens with zero attached hydrogens (tertiary/aromatic N) is 2. The molecule has 0 aliphatic heterocycles. The van der Waals surface area contributed by atoms with Gasteiger partial charge in [0.25, 0.3) is 5.89 Å². The molecule has 128 valence electrons. The van der Waals surface area contributed by atoms with Crippen LogP contribution >= 0.6 is 11.3 Å². The molecule has 0 N–H and O–H groups in total. The molecule has 8 heteroatoms. The Morgan fingerprint density at radius 2 is 2.00 bits per heavy atom. The monoisotopic (exact) mass is 358 g/mol. The zero-order valence-electron chi connectivity index (χ0n) is 13.5. The number of carbonyl (C=O) groups excluding carboxylic acids is 2. The molecule has 0 atom stereocenters. The van der Waals surface area contributed by atoms with Crippen LogP contribution in [0.4, 0.5) is 0 Å². The third-order valence-corrected chi connectivity index (χ3v) is 4.44. The Morgan fingerprint density at radius 3 is 2.72 bits per heavy atom. The fraction of sp³-hybridized carbons (Fsp3) is 0.176. The smallest absolute Gasteiger partial charge is 0.348 e. The predicted octanol–water partition coefficient (Wildman–Crippen LogP) is 3.37. The van der Waals surface area contributed by atoms with E-state index >= 15 is 0 Å². The quantitative estimate of drug-likeness (QED) is 0.493. The number of methoxy groups -OCH3 is 1. The first-order valence-corrected chi connectivity index (χ1v) is 8.13. The second-order valence-corrected chi connectivity index (χ2v) is 6.12. The molecule has 7 nitrogen and oxygen atoms in total. The Labute approximate surface area is 147 Å². The van der Waals surface area contributed by atoms with Crippen molar-refractivity contribution in [2.24, 2.45) is 0 Å². The molecule has 0 bridgehead atoms. The van der Waals surface area contributed by atoms with Gasteiger partial charge in [0.05, 0.1) is 12.0 Å². The van der Waals surface area contributed by atoms with Gasteiger partial charge in [-0.1, -0.05) is 17.3 Å². The van der Waals surface area contributed by atoms with Crippen molar-refractivity contribution in [1.82, 2.24) is 10.1 Å². The Balaban J connectivity index is 1.65. The van der Waals surface area contributed by atoms with E-state index in [4.69, 9.17) is 14.0 Å². The molecule has 2 heterocycles. The first-order chi connectivity index (χ1) is 12.1. The molecule has 3 aromatic rings. The lowest BCUT2D eigenvalue weighted by atomic mass is 10.2. The first kappa shape index (κ1) is 16.8. The van der Waals surface area contributed by atoms with E-state index in [0.717, 1.165) is 16.9 Å². The molecular formula is C17H14N2O5S. The fourth-order valence-corrected chi connectivity index (χ4v) is 2.82. The zero-order valence-corrected chi connectivity index (χ0v) is 14.3. The molecule has 1 aromatic carbocycles. The maximum Gasteiger partial charge on any atom is 0.348 e. The SMILES string of the molecule is COc1cccc(-c2noc(COC(=O)c3ccc(C(C)=O)s3)n2)c1. The number of benzene rings is 1. The number of aromatic nitrogens is 2. The van der Waals surface area contributed by atoms with Gasteiger partial charge in [0.1, 0.15) is 10.6 Å². The number of ether oxygens (including phenoxy) is 2. The summed E-state index contributed by atoms with van der Waals surface area (Å²) in [5, 5.41) is 3.86. The van der Waals surface area contributed by atoms with Gasteiger partial charge in [0, 0.05) is 5.56 Å². The number of hydrogen-bond donors (Lipinski definition) is 0. The minimum Gasteiger partial charge on any atom is -0.497 e. The Morgan fingerprint density at radius 1 is 1.20 bits per heavy atom. The van der Waals surface area contributed by atoms with E-state index in [-0.39, 0.29) is 18.3 Å². The number of thiophene rings is 1. The average molecular weight is 358 g/mol. The van der Waals surface area contributed by atoms with Crippen LogP contribution in [0.3, 0.4) is 0 Å². The van der Waals surface area contributed by atoms with Crippen LogP contribution in [0.25, 0.3) is 11.4 Å². The lowest BCUT2D eigenvalue weighted by Gasteiger charge is -2.00. The van der Waals surface area contributed by atoms with Crippen LogP contribution in [-0.4, -0.2) is 29.0 Å². The van der Waals surface area contributed by atoms with Gasteiger partial charge >= 0.3 is 5.97 Å². The highest BCUT2D eigenvalue weighted by atomic mass is 32.1. The maximum absolute atomic E-state index is 12.0. The number of rotatable bonds is 6.